The second kappa shape index (κ2) is 3.53. The van der Waals surface area contributed by atoms with Gasteiger partial charge in [0.15, 0.2) is 0 Å². The summed E-state index contributed by atoms with van der Waals surface area (Å²) in [5.41, 5.74) is 2.14. The maximum atomic E-state index is 4.99. The van der Waals surface area contributed by atoms with Crippen LogP contribution in [0.15, 0.2) is 4.52 Å². The molecule has 0 bridgehead atoms. The van der Waals surface area contributed by atoms with Gasteiger partial charge in [-0.05, 0) is 13.8 Å². The topological polar surface area (TPSA) is 35.3 Å². The van der Waals surface area contributed by atoms with E-state index in [9.17, 15) is 0 Å². The Bertz CT molecular complexity index is 210. The maximum Gasteiger partial charge on any atom is 0.137 e. The van der Waals surface area contributed by atoms with Gasteiger partial charge in [-0.2, -0.15) is 0 Å². The lowest BCUT2D eigenvalue weighted by atomic mass is 10.1. The van der Waals surface area contributed by atoms with Crippen molar-refractivity contribution < 1.29 is 9.26 Å². The molecule has 0 spiro atoms. The molecule has 0 amide bonds. The highest BCUT2D eigenvalue weighted by molar-refractivity contribution is 5.20. The van der Waals surface area contributed by atoms with E-state index in [2.05, 4.69) is 5.16 Å². The molecule has 0 unspecified atom stereocenters. The van der Waals surface area contributed by atoms with Crippen LogP contribution in [0.1, 0.15) is 17.0 Å². The van der Waals surface area contributed by atoms with Gasteiger partial charge in [0, 0.05) is 19.1 Å². The van der Waals surface area contributed by atoms with Gasteiger partial charge in [0.05, 0.1) is 12.3 Å². The van der Waals surface area contributed by atoms with Gasteiger partial charge in [-0.3, -0.25) is 0 Å². The molecule has 11 heavy (non-hydrogen) atoms. The number of hydrogen-bond donors (Lipinski definition) is 0. The minimum atomic E-state index is 0.725. The first-order valence-electron chi connectivity index (χ1n) is 3.66. The van der Waals surface area contributed by atoms with E-state index in [0.29, 0.717) is 0 Å². The van der Waals surface area contributed by atoms with Crippen molar-refractivity contribution in [3.05, 3.63) is 17.0 Å². The fourth-order valence-electron chi connectivity index (χ4n) is 1.06. The lowest BCUT2D eigenvalue weighted by molar-refractivity contribution is 0.202. The smallest absolute Gasteiger partial charge is 0.137 e. The quantitative estimate of drug-likeness (QED) is 0.663. The zero-order valence-electron chi connectivity index (χ0n) is 7.18. The number of aryl methyl sites for hydroxylation is 2. The minimum Gasteiger partial charge on any atom is -0.384 e. The average Bonchev–Trinajstić information content (AvgIpc) is 2.29. The molecular formula is C8H13NO2. The Morgan fingerprint density at radius 2 is 2.18 bits per heavy atom. The summed E-state index contributed by atoms with van der Waals surface area (Å²) < 4.78 is 9.94. The first-order chi connectivity index (χ1) is 5.25. The van der Waals surface area contributed by atoms with Crippen LogP contribution in [0.4, 0.5) is 0 Å². The summed E-state index contributed by atoms with van der Waals surface area (Å²) in [6, 6.07) is 0. The molecule has 0 atom stereocenters. The maximum absolute atomic E-state index is 4.99. The normalized spacial score (nSPS) is 10.5. The molecule has 1 aromatic heterocycles. The monoisotopic (exact) mass is 155 g/mol. The van der Waals surface area contributed by atoms with E-state index in [1.54, 1.807) is 7.11 Å². The van der Waals surface area contributed by atoms with Gasteiger partial charge < -0.3 is 9.26 Å². The Morgan fingerprint density at radius 1 is 1.45 bits per heavy atom. The average molecular weight is 155 g/mol. The van der Waals surface area contributed by atoms with Crippen LogP contribution in [0.5, 0.6) is 0 Å². The molecule has 3 heteroatoms. The second-order valence-corrected chi connectivity index (χ2v) is 2.55. The van der Waals surface area contributed by atoms with Gasteiger partial charge in [0.2, 0.25) is 0 Å². The van der Waals surface area contributed by atoms with E-state index in [0.717, 1.165) is 24.5 Å². The first kappa shape index (κ1) is 8.27. The van der Waals surface area contributed by atoms with Gasteiger partial charge in [-0.15, -0.1) is 0 Å². The fourth-order valence-corrected chi connectivity index (χ4v) is 1.06. The molecule has 1 aromatic rings. The van der Waals surface area contributed by atoms with Crippen molar-refractivity contribution in [1.29, 1.82) is 0 Å². The predicted octanol–water partition coefficient (Wildman–Crippen LogP) is 1.48. The summed E-state index contributed by atoms with van der Waals surface area (Å²) in [6.07, 6.45) is 0.887. The third-order valence-corrected chi connectivity index (χ3v) is 1.74. The van der Waals surface area contributed by atoms with E-state index >= 15 is 0 Å². The van der Waals surface area contributed by atoms with Gasteiger partial charge in [-0.1, -0.05) is 5.16 Å². The van der Waals surface area contributed by atoms with Crippen molar-refractivity contribution in [2.45, 2.75) is 20.3 Å². The van der Waals surface area contributed by atoms with Crippen molar-refractivity contribution in [1.82, 2.24) is 5.16 Å². The number of ether oxygens (including phenoxy) is 1. The molecule has 0 aliphatic carbocycles. The SMILES string of the molecule is COCCc1c(C)noc1C. The van der Waals surface area contributed by atoms with Crippen LogP contribution in [-0.4, -0.2) is 18.9 Å². The third kappa shape index (κ3) is 1.80. The van der Waals surface area contributed by atoms with Crippen LogP contribution >= 0.6 is 0 Å². The summed E-state index contributed by atoms with van der Waals surface area (Å²) in [7, 11) is 1.69. The molecule has 0 saturated carbocycles. The van der Waals surface area contributed by atoms with Crippen LogP contribution in [0.2, 0.25) is 0 Å². The summed E-state index contributed by atoms with van der Waals surface area (Å²) in [5, 5.41) is 3.84. The fraction of sp³-hybridized carbons (Fsp3) is 0.625. The molecule has 0 saturated heterocycles. The molecular weight excluding hydrogens is 142 g/mol. The van der Waals surface area contributed by atoms with E-state index in [4.69, 9.17) is 9.26 Å². The molecule has 1 heterocycles. The summed E-state index contributed by atoms with van der Waals surface area (Å²) in [5.74, 6) is 0.902. The molecule has 0 aliphatic rings. The lowest BCUT2D eigenvalue weighted by Crippen LogP contribution is -1.96. The highest BCUT2D eigenvalue weighted by Crippen LogP contribution is 2.12. The van der Waals surface area contributed by atoms with E-state index in [-0.39, 0.29) is 0 Å². The summed E-state index contributed by atoms with van der Waals surface area (Å²) in [4.78, 5) is 0. The van der Waals surface area contributed by atoms with Gasteiger partial charge in [0.25, 0.3) is 0 Å². The Morgan fingerprint density at radius 3 is 2.64 bits per heavy atom. The van der Waals surface area contributed by atoms with Crippen molar-refractivity contribution >= 4 is 0 Å². The molecule has 0 aliphatic heterocycles. The minimum absolute atomic E-state index is 0.725. The van der Waals surface area contributed by atoms with Gasteiger partial charge in [0.1, 0.15) is 5.76 Å². The number of rotatable bonds is 3. The lowest BCUT2D eigenvalue weighted by Gasteiger charge is -1.96. The Hall–Kier alpha value is -0.830. The van der Waals surface area contributed by atoms with Crippen LogP contribution in [0.25, 0.3) is 0 Å². The van der Waals surface area contributed by atoms with Crippen molar-refractivity contribution in [2.24, 2.45) is 0 Å². The number of nitrogens with zero attached hydrogens (tertiary/aromatic N) is 1. The Labute approximate surface area is 66.3 Å². The van der Waals surface area contributed by atoms with E-state index in [1.807, 2.05) is 13.8 Å². The largest absolute Gasteiger partial charge is 0.384 e. The van der Waals surface area contributed by atoms with Crippen molar-refractivity contribution in [2.75, 3.05) is 13.7 Å². The van der Waals surface area contributed by atoms with E-state index in [1.165, 1.54) is 5.56 Å². The molecule has 0 N–H and O–H groups in total. The van der Waals surface area contributed by atoms with E-state index < -0.39 is 0 Å². The highest BCUT2D eigenvalue weighted by atomic mass is 16.5. The first-order valence-corrected chi connectivity index (χ1v) is 3.66. The highest BCUT2D eigenvalue weighted by Gasteiger charge is 2.07. The predicted molar refractivity (Wildman–Crippen MR) is 41.6 cm³/mol. The van der Waals surface area contributed by atoms with Crippen LogP contribution < -0.4 is 0 Å². The summed E-state index contributed by atoms with van der Waals surface area (Å²) >= 11 is 0. The molecule has 3 nitrogen and oxygen atoms in total. The van der Waals surface area contributed by atoms with Crippen LogP contribution in [0, 0.1) is 13.8 Å². The Balaban J connectivity index is 2.67. The van der Waals surface area contributed by atoms with Crippen molar-refractivity contribution in [3.63, 3.8) is 0 Å². The zero-order valence-corrected chi connectivity index (χ0v) is 7.18. The zero-order chi connectivity index (χ0) is 8.27. The second-order valence-electron chi connectivity index (χ2n) is 2.55. The van der Waals surface area contributed by atoms with Crippen LogP contribution in [-0.2, 0) is 11.2 Å². The molecule has 1 rings (SSSR count). The van der Waals surface area contributed by atoms with Gasteiger partial charge >= 0.3 is 0 Å². The van der Waals surface area contributed by atoms with Crippen molar-refractivity contribution in [3.8, 4) is 0 Å². The Kier molecular flexibility index (Phi) is 2.65. The summed E-state index contributed by atoms with van der Waals surface area (Å²) in [6.45, 7) is 4.59. The van der Waals surface area contributed by atoms with Crippen LogP contribution in [0.3, 0.4) is 0 Å². The third-order valence-electron chi connectivity index (χ3n) is 1.74. The number of hydrogen-bond acceptors (Lipinski definition) is 3. The number of aromatic nitrogens is 1. The van der Waals surface area contributed by atoms with Gasteiger partial charge in [-0.25, -0.2) is 0 Å². The standard InChI is InChI=1S/C8H13NO2/c1-6-8(4-5-10-3)7(2)11-9-6/h4-5H2,1-3H3. The number of methoxy groups -OCH3 is 1. The molecule has 0 radical (unpaired) electrons. The molecule has 0 aromatic carbocycles. The molecule has 62 valence electrons. The molecule has 0 fully saturated rings.